The minimum Gasteiger partial charge on any atom is -0.337 e. The Morgan fingerprint density at radius 3 is 2.80 bits per heavy atom. The van der Waals surface area contributed by atoms with Crippen molar-refractivity contribution in [1.29, 1.82) is 0 Å². The average Bonchev–Trinajstić information content (AvgIpc) is 2.82. The Bertz CT molecular complexity index is 552. The van der Waals surface area contributed by atoms with Crippen molar-refractivity contribution in [1.82, 2.24) is 14.5 Å². The van der Waals surface area contributed by atoms with Gasteiger partial charge in [-0.3, -0.25) is 4.90 Å². The van der Waals surface area contributed by atoms with E-state index in [1.165, 1.54) is 0 Å². The number of rotatable bonds is 6. The molecule has 1 aromatic heterocycles. The van der Waals surface area contributed by atoms with Crippen molar-refractivity contribution >= 4 is 15.9 Å². The Kier molecular flexibility index (Phi) is 5.34. The van der Waals surface area contributed by atoms with Gasteiger partial charge in [0.1, 0.15) is 5.82 Å². The van der Waals surface area contributed by atoms with E-state index < -0.39 is 0 Å². The van der Waals surface area contributed by atoms with Crippen LogP contribution >= 0.6 is 15.9 Å². The van der Waals surface area contributed by atoms with Crippen LogP contribution in [0.3, 0.4) is 0 Å². The first kappa shape index (κ1) is 15.2. The third kappa shape index (κ3) is 3.91. The third-order valence-electron chi connectivity index (χ3n) is 3.46. The molecular formula is C15H21BrN4. The van der Waals surface area contributed by atoms with Gasteiger partial charge in [-0.05, 0) is 25.1 Å². The molecule has 0 aliphatic rings. The zero-order valence-corrected chi connectivity index (χ0v) is 13.5. The molecule has 4 nitrogen and oxygen atoms in total. The molecule has 1 atom stereocenters. The summed E-state index contributed by atoms with van der Waals surface area (Å²) in [6.07, 6.45) is 4.72. The van der Waals surface area contributed by atoms with Crippen LogP contribution in [-0.2, 0) is 13.6 Å². The largest absolute Gasteiger partial charge is 0.337 e. The van der Waals surface area contributed by atoms with Crippen LogP contribution in [0.25, 0.3) is 0 Å². The van der Waals surface area contributed by atoms with E-state index >= 15 is 0 Å². The summed E-state index contributed by atoms with van der Waals surface area (Å²) in [5.74, 6) is 1.07. The van der Waals surface area contributed by atoms with Gasteiger partial charge < -0.3 is 10.3 Å². The first-order chi connectivity index (χ1) is 9.58. The lowest BCUT2D eigenvalue weighted by molar-refractivity contribution is 0.301. The summed E-state index contributed by atoms with van der Waals surface area (Å²) in [6.45, 7) is 1.78. The second kappa shape index (κ2) is 7.02. The smallest absolute Gasteiger partial charge is 0.122 e. The van der Waals surface area contributed by atoms with Gasteiger partial charge in [0.25, 0.3) is 0 Å². The Balaban J connectivity index is 1.86. The van der Waals surface area contributed by atoms with Gasteiger partial charge in [0.05, 0.1) is 6.54 Å². The highest BCUT2D eigenvalue weighted by molar-refractivity contribution is 9.10. The van der Waals surface area contributed by atoms with Crippen LogP contribution in [0.4, 0.5) is 0 Å². The molecule has 0 bridgehead atoms. The number of hydrogen-bond acceptors (Lipinski definition) is 3. The summed E-state index contributed by atoms with van der Waals surface area (Å²) in [4.78, 5) is 6.59. The summed E-state index contributed by atoms with van der Waals surface area (Å²) in [7, 11) is 4.12. The number of halogens is 1. The lowest BCUT2D eigenvalue weighted by Gasteiger charge is -2.20. The molecule has 0 spiro atoms. The molecule has 2 rings (SSSR count). The van der Waals surface area contributed by atoms with Gasteiger partial charge in [-0.15, -0.1) is 0 Å². The molecule has 0 amide bonds. The predicted octanol–water partition coefficient (Wildman–Crippen LogP) is 2.70. The van der Waals surface area contributed by atoms with Crippen molar-refractivity contribution in [2.24, 2.45) is 12.8 Å². The standard InChI is InChI=1S/C15H21BrN4/c1-19(11-15-18-8-10-20(15)2)9-7-14(17)12-5-3-4-6-13(12)16/h3-6,8,10,14H,7,9,11,17H2,1-2H3. The summed E-state index contributed by atoms with van der Waals surface area (Å²) in [6, 6.07) is 8.19. The van der Waals surface area contributed by atoms with Crippen LogP contribution in [-0.4, -0.2) is 28.0 Å². The molecule has 0 aliphatic heterocycles. The Morgan fingerprint density at radius 1 is 1.40 bits per heavy atom. The minimum atomic E-state index is 0.0504. The fraction of sp³-hybridized carbons (Fsp3) is 0.400. The molecule has 108 valence electrons. The van der Waals surface area contributed by atoms with Crippen LogP contribution in [0, 0.1) is 0 Å². The van der Waals surface area contributed by atoms with Gasteiger partial charge in [-0.1, -0.05) is 34.1 Å². The predicted molar refractivity (Wildman–Crippen MR) is 85.2 cm³/mol. The van der Waals surface area contributed by atoms with Crippen LogP contribution in [0.15, 0.2) is 41.1 Å². The van der Waals surface area contributed by atoms with Crippen molar-refractivity contribution in [3.05, 3.63) is 52.5 Å². The highest BCUT2D eigenvalue weighted by atomic mass is 79.9. The third-order valence-corrected chi connectivity index (χ3v) is 4.18. The number of nitrogens with zero attached hydrogens (tertiary/aromatic N) is 3. The van der Waals surface area contributed by atoms with E-state index in [4.69, 9.17) is 5.73 Å². The summed E-state index contributed by atoms with van der Waals surface area (Å²) >= 11 is 3.56. The zero-order chi connectivity index (χ0) is 14.5. The topological polar surface area (TPSA) is 47.1 Å². The number of hydrogen-bond donors (Lipinski definition) is 1. The highest BCUT2D eigenvalue weighted by Crippen LogP contribution is 2.23. The zero-order valence-electron chi connectivity index (χ0n) is 12.0. The maximum absolute atomic E-state index is 6.27. The average molecular weight is 337 g/mol. The molecule has 0 saturated carbocycles. The molecule has 0 saturated heterocycles. The van der Waals surface area contributed by atoms with Crippen LogP contribution in [0.1, 0.15) is 23.9 Å². The van der Waals surface area contributed by atoms with E-state index in [1.54, 1.807) is 0 Å². The fourth-order valence-corrected chi connectivity index (χ4v) is 2.74. The minimum absolute atomic E-state index is 0.0504. The van der Waals surface area contributed by atoms with E-state index in [-0.39, 0.29) is 6.04 Å². The molecule has 0 radical (unpaired) electrons. The van der Waals surface area contributed by atoms with Gasteiger partial charge in [0, 0.05) is 36.5 Å². The van der Waals surface area contributed by atoms with Gasteiger partial charge in [-0.2, -0.15) is 0 Å². The first-order valence-electron chi connectivity index (χ1n) is 6.72. The number of aromatic nitrogens is 2. The molecular weight excluding hydrogens is 316 g/mol. The normalized spacial score (nSPS) is 12.8. The quantitative estimate of drug-likeness (QED) is 0.882. The van der Waals surface area contributed by atoms with E-state index in [2.05, 4.69) is 38.9 Å². The molecule has 20 heavy (non-hydrogen) atoms. The number of benzene rings is 1. The molecule has 0 fully saturated rings. The Labute approximate surface area is 128 Å². The van der Waals surface area contributed by atoms with Crippen molar-refractivity contribution in [3.63, 3.8) is 0 Å². The van der Waals surface area contributed by atoms with E-state index in [0.717, 1.165) is 35.4 Å². The van der Waals surface area contributed by atoms with Crippen molar-refractivity contribution < 1.29 is 0 Å². The number of aryl methyl sites for hydroxylation is 1. The summed E-state index contributed by atoms with van der Waals surface area (Å²) in [5.41, 5.74) is 7.43. The van der Waals surface area contributed by atoms with Crippen molar-refractivity contribution in [2.75, 3.05) is 13.6 Å². The Hall–Kier alpha value is -1.17. The lowest BCUT2D eigenvalue weighted by atomic mass is 10.0. The van der Waals surface area contributed by atoms with Crippen LogP contribution < -0.4 is 5.73 Å². The monoisotopic (exact) mass is 336 g/mol. The van der Waals surface area contributed by atoms with Gasteiger partial charge in [0.2, 0.25) is 0 Å². The van der Waals surface area contributed by atoms with E-state index in [0.29, 0.717) is 0 Å². The van der Waals surface area contributed by atoms with E-state index in [9.17, 15) is 0 Å². The second-order valence-electron chi connectivity index (χ2n) is 5.11. The maximum atomic E-state index is 6.27. The van der Waals surface area contributed by atoms with Crippen LogP contribution in [0.5, 0.6) is 0 Å². The maximum Gasteiger partial charge on any atom is 0.122 e. The molecule has 0 aliphatic carbocycles. The molecule has 2 aromatic rings. The van der Waals surface area contributed by atoms with E-state index in [1.807, 2.05) is 42.2 Å². The SMILES string of the molecule is CN(CCC(N)c1ccccc1Br)Cc1nccn1C. The molecule has 5 heteroatoms. The molecule has 1 unspecified atom stereocenters. The summed E-state index contributed by atoms with van der Waals surface area (Å²) < 4.78 is 3.13. The fourth-order valence-electron chi connectivity index (χ4n) is 2.16. The number of nitrogens with two attached hydrogens (primary N) is 1. The second-order valence-corrected chi connectivity index (χ2v) is 5.96. The Morgan fingerprint density at radius 2 is 2.15 bits per heavy atom. The van der Waals surface area contributed by atoms with Crippen molar-refractivity contribution in [3.8, 4) is 0 Å². The van der Waals surface area contributed by atoms with Gasteiger partial charge in [0.15, 0.2) is 0 Å². The molecule has 1 heterocycles. The van der Waals surface area contributed by atoms with Gasteiger partial charge >= 0.3 is 0 Å². The summed E-state index contributed by atoms with van der Waals surface area (Å²) in [5, 5.41) is 0. The first-order valence-corrected chi connectivity index (χ1v) is 7.52. The molecule has 1 aromatic carbocycles. The molecule has 2 N–H and O–H groups in total. The van der Waals surface area contributed by atoms with Crippen molar-refractivity contribution in [2.45, 2.75) is 19.0 Å². The number of imidazole rings is 1. The van der Waals surface area contributed by atoms with Gasteiger partial charge in [-0.25, -0.2) is 4.98 Å². The highest BCUT2D eigenvalue weighted by Gasteiger charge is 2.11. The van der Waals surface area contributed by atoms with Crippen LogP contribution in [0.2, 0.25) is 0 Å². The lowest BCUT2D eigenvalue weighted by Crippen LogP contribution is -2.24.